The molecule has 0 radical (unpaired) electrons. The van der Waals surface area contributed by atoms with E-state index in [1.54, 1.807) is 0 Å². The molecule has 0 unspecified atom stereocenters. The van der Waals surface area contributed by atoms with Crippen molar-refractivity contribution in [1.29, 1.82) is 0 Å². The highest BCUT2D eigenvalue weighted by molar-refractivity contribution is 5.70. The normalized spacial score (nSPS) is 11.4. The second-order valence-electron chi connectivity index (χ2n) is 3.91. The van der Waals surface area contributed by atoms with E-state index in [0.29, 0.717) is 5.56 Å². The van der Waals surface area contributed by atoms with Gasteiger partial charge in [0.25, 0.3) is 0 Å². The molecular weight excluding hydrogens is 278 g/mol. The zero-order valence-electron chi connectivity index (χ0n) is 9.99. The highest BCUT2D eigenvalue weighted by Crippen LogP contribution is 2.34. The molecule has 0 aliphatic rings. The van der Waals surface area contributed by atoms with E-state index in [1.807, 2.05) is 0 Å². The van der Waals surface area contributed by atoms with Crippen molar-refractivity contribution >= 4 is 0 Å². The monoisotopic (exact) mass is 287 g/mol. The Kier molecular flexibility index (Phi) is 3.89. The van der Waals surface area contributed by atoms with Crippen LogP contribution in [-0.2, 0) is 6.61 Å². The van der Waals surface area contributed by atoms with Crippen LogP contribution in [0.4, 0.5) is 17.6 Å². The van der Waals surface area contributed by atoms with Gasteiger partial charge in [0.15, 0.2) is 0 Å². The first-order chi connectivity index (χ1) is 9.39. The summed E-state index contributed by atoms with van der Waals surface area (Å²) >= 11 is 0. The van der Waals surface area contributed by atoms with E-state index in [1.165, 1.54) is 18.2 Å². The maximum Gasteiger partial charge on any atom is 0.573 e. The van der Waals surface area contributed by atoms with E-state index < -0.39 is 18.1 Å². The number of nitrogens with zero attached hydrogens (tertiary/aromatic N) is 1. The molecular formula is C13H9F4NO2. The molecule has 2 aromatic rings. The number of halogens is 4. The maximum absolute atomic E-state index is 12.8. The smallest absolute Gasteiger partial charge is 0.405 e. The number of hydrogen-bond acceptors (Lipinski definition) is 3. The van der Waals surface area contributed by atoms with Crippen LogP contribution in [0.5, 0.6) is 5.75 Å². The summed E-state index contributed by atoms with van der Waals surface area (Å²) in [6, 6.07) is 6.04. The van der Waals surface area contributed by atoms with Crippen LogP contribution in [0, 0.1) is 5.95 Å². The van der Waals surface area contributed by atoms with E-state index in [-0.39, 0.29) is 17.7 Å². The number of aromatic nitrogens is 1. The number of aliphatic hydroxyl groups is 1. The predicted molar refractivity (Wildman–Crippen MR) is 62.2 cm³/mol. The van der Waals surface area contributed by atoms with Gasteiger partial charge in [-0.25, -0.2) is 4.98 Å². The van der Waals surface area contributed by atoms with Crippen LogP contribution >= 0.6 is 0 Å². The topological polar surface area (TPSA) is 42.4 Å². The Hall–Kier alpha value is -2.15. The van der Waals surface area contributed by atoms with Crippen molar-refractivity contribution in [3.63, 3.8) is 0 Å². The fourth-order valence-corrected chi connectivity index (χ4v) is 1.65. The average molecular weight is 287 g/mol. The minimum absolute atomic E-state index is 0.0707. The van der Waals surface area contributed by atoms with Crippen LogP contribution in [0.1, 0.15) is 5.56 Å². The highest BCUT2D eigenvalue weighted by atomic mass is 19.4. The lowest BCUT2D eigenvalue weighted by Gasteiger charge is -2.14. The lowest BCUT2D eigenvalue weighted by molar-refractivity contribution is -0.274. The van der Waals surface area contributed by atoms with Crippen LogP contribution in [0.25, 0.3) is 11.1 Å². The van der Waals surface area contributed by atoms with E-state index in [4.69, 9.17) is 5.11 Å². The molecule has 0 saturated carbocycles. The zero-order chi connectivity index (χ0) is 14.8. The van der Waals surface area contributed by atoms with Gasteiger partial charge in [-0.05, 0) is 29.8 Å². The van der Waals surface area contributed by atoms with Crippen LogP contribution in [-0.4, -0.2) is 16.5 Å². The molecule has 2 rings (SSSR count). The number of pyridine rings is 1. The minimum atomic E-state index is -4.84. The first-order valence-electron chi connectivity index (χ1n) is 5.50. The van der Waals surface area contributed by atoms with Gasteiger partial charge in [-0.2, -0.15) is 4.39 Å². The molecule has 7 heteroatoms. The Labute approximate surface area is 111 Å². The third-order valence-electron chi connectivity index (χ3n) is 2.49. The number of rotatable bonds is 3. The van der Waals surface area contributed by atoms with Crippen molar-refractivity contribution in [3.8, 4) is 16.9 Å². The molecule has 106 valence electrons. The standard InChI is InChI=1S/C13H9F4NO2/c14-12-4-2-9(6-18-12)10-5-8(7-19)1-3-11(10)20-13(15,16)17/h1-6,19H,7H2. The lowest BCUT2D eigenvalue weighted by Crippen LogP contribution is -2.17. The Bertz CT molecular complexity index is 596. The Morgan fingerprint density at radius 3 is 2.45 bits per heavy atom. The summed E-state index contributed by atoms with van der Waals surface area (Å²) in [5.41, 5.74) is 0.723. The number of benzene rings is 1. The Morgan fingerprint density at radius 2 is 1.90 bits per heavy atom. The van der Waals surface area contributed by atoms with Crippen LogP contribution < -0.4 is 4.74 Å². The number of hydrogen-bond donors (Lipinski definition) is 1. The molecule has 1 N–H and O–H groups in total. The SMILES string of the molecule is OCc1ccc(OC(F)(F)F)c(-c2ccc(F)nc2)c1. The molecule has 3 nitrogen and oxygen atoms in total. The molecule has 1 aromatic heterocycles. The van der Waals surface area contributed by atoms with Crippen LogP contribution in [0.3, 0.4) is 0 Å². The predicted octanol–water partition coefficient (Wildman–Crippen LogP) is 3.28. The summed E-state index contributed by atoms with van der Waals surface area (Å²) in [5, 5.41) is 9.04. The van der Waals surface area contributed by atoms with Gasteiger partial charge in [-0.15, -0.1) is 13.2 Å². The summed E-state index contributed by atoms with van der Waals surface area (Å²) in [7, 11) is 0. The number of ether oxygens (including phenoxy) is 1. The van der Waals surface area contributed by atoms with Crippen molar-refractivity contribution in [2.45, 2.75) is 13.0 Å². The highest BCUT2D eigenvalue weighted by Gasteiger charge is 2.32. The van der Waals surface area contributed by atoms with Gasteiger partial charge < -0.3 is 9.84 Å². The molecule has 1 aromatic carbocycles. The molecule has 0 aliphatic carbocycles. The average Bonchev–Trinajstić information content (AvgIpc) is 2.38. The third-order valence-corrected chi connectivity index (χ3v) is 2.49. The van der Waals surface area contributed by atoms with E-state index in [2.05, 4.69) is 9.72 Å². The lowest BCUT2D eigenvalue weighted by atomic mass is 10.0. The van der Waals surface area contributed by atoms with Crippen molar-refractivity contribution < 1.29 is 27.4 Å². The molecule has 0 atom stereocenters. The maximum atomic E-state index is 12.8. The summed E-state index contributed by atoms with van der Waals surface area (Å²) in [6.45, 7) is -0.339. The van der Waals surface area contributed by atoms with Crippen molar-refractivity contribution in [1.82, 2.24) is 4.98 Å². The van der Waals surface area contributed by atoms with Gasteiger partial charge in [0, 0.05) is 17.3 Å². The molecule has 20 heavy (non-hydrogen) atoms. The Morgan fingerprint density at radius 1 is 1.15 bits per heavy atom. The second-order valence-corrected chi connectivity index (χ2v) is 3.91. The Balaban J connectivity index is 2.49. The first kappa shape index (κ1) is 14.3. The quantitative estimate of drug-likeness (QED) is 0.696. The summed E-state index contributed by atoms with van der Waals surface area (Å²) in [6.07, 6.45) is -3.75. The van der Waals surface area contributed by atoms with E-state index >= 15 is 0 Å². The number of aliphatic hydroxyl groups excluding tert-OH is 1. The van der Waals surface area contributed by atoms with Gasteiger partial charge in [0.2, 0.25) is 5.95 Å². The van der Waals surface area contributed by atoms with Gasteiger partial charge in [0.1, 0.15) is 5.75 Å². The summed E-state index contributed by atoms with van der Waals surface area (Å²) in [5.74, 6) is -1.19. The fraction of sp³-hybridized carbons (Fsp3) is 0.154. The molecule has 0 fully saturated rings. The van der Waals surface area contributed by atoms with Gasteiger partial charge in [0.05, 0.1) is 6.61 Å². The van der Waals surface area contributed by atoms with Crippen molar-refractivity contribution in [3.05, 3.63) is 48.0 Å². The zero-order valence-corrected chi connectivity index (χ0v) is 9.99. The number of alkyl halides is 3. The van der Waals surface area contributed by atoms with Crippen LogP contribution in [0.2, 0.25) is 0 Å². The van der Waals surface area contributed by atoms with E-state index in [0.717, 1.165) is 18.3 Å². The fourth-order valence-electron chi connectivity index (χ4n) is 1.65. The van der Waals surface area contributed by atoms with Gasteiger partial charge in [-0.3, -0.25) is 0 Å². The summed E-state index contributed by atoms with van der Waals surface area (Å²) < 4.78 is 53.7. The molecule has 0 aliphatic heterocycles. The van der Waals surface area contributed by atoms with Gasteiger partial charge >= 0.3 is 6.36 Å². The largest absolute Gasteiger partial charge is 0.573 e. The minimum Gasteiger partial charge on any atom is -0.405 e. The van der Waals surface area contributed by atoms with Crippen molar-refractivity contribution in [2.24, 2.45) is 0 Å². The van der Waals surface area contributed by atoms with Gasteiger partial charge in [-0.1, -0.05) is 6.07 Å². The van der Waals surface area contributed by atoms with Crippen molar-refractivity contribution in [2.75, 3.05) is 0 Å². The molecule has 0 spiro atoms. The summed E-state index contributed by atoms with van der Waals surface area (Å²) in [4.78, 5) is 3.38. The van der Waals surface area contributed by atoms with Crippen LogP contribution in [0.15, 0.2) is 36.5 Å². The molecule has 0 amide bonds. The molecule has 1 heterocycles. The van der Waals surface area contributed by atoms with E-state index in [9.17, 15) is 17.6 Å². The molecule has 0 saturated heterocycles. The first-order valence-corrected chi connectivity index (χ1v) is 5.50. The molecule has 0 bridgehead atoms. The second kappa shape index (κ2) is 5.46. The third kappa shape index (κ3) is 3.45.